The van der Waals surface area contributed by atoms with Crippen molar-refractivity contribution in [1.82, 2.24) is 16.0 Å². The predicted molar refractivity (Wildman–Crippen MR) is 107 cm³/mol. The van der Waals surface area contributed by atoms with Crippen LogP contribution in [-0.4, -0.2) is 33.4 Å². The first-order valence-electron chi connectivity index (χ1n) is 9.37. The number of primary sulfonamides is 1. The number of amides is 3. The first-order valence-corrected chi connectivity index (χ1v) is 10.9. The van der Waals surface area contributed by atoms with Crippen molar-refractivity contribution in [3.63, 3.8) is 0 Å². The molecule has 1 aliphatic rings. The summed E-state index contributed by atoms with van der Waals surface area (Å²) in [5.41, 5.74) is 2.16. The zero-order chi connectivity index (χ0) is 20.6. The molecule has 0 bridgehead atoms. The lowest BCUT2D eigenvalue weighted by Crippen LogP contribution is -2.44. The lowest BCUT2D eigenvalue weighted by atomic mass is 9.97. The summed E-state index contributed by atoms with van der Waals surface area (Å²) in [6.07, 6.45) is 7.66. The van der Waals surface area contributed by atoms with Gasteiger partial charge in [0.05, 0.1) is 11.4 Å². The van der Waals surface area contributed by atoms with Crippen LogP contribution >= 0.6 is 0 Å². The van der Waals surface area contributed by atoms with Gasteiger partial charge in [-0.15, -0.1) is 0 Å². The van der Waals surface area contributed by atoms with Gasteiger partial charge >= 0.3 is 6.03 Å². The first kappa shape index (κ1) is 22.1. The Morgan fingerprint density at radius 3 is 2.50 bits per heavy atom. The number of carbonyl (C=O) groups excluding carboxylic acids is 2. The van der Waals surface area contributed by atoms with E-state index in [1.165, 1.54) is 30.5 Å². The number of nitrogens with one attached hydrogen (secondary N) is 3. The second-order valence-electron chi connectivity index (χ2n) is 6.88. The van der Waals surface area contributed by atoms with E-state index in [2.05, 4.69) is 22.0 Å². The van der Waals surface area contributed by atoms with Gasteiger partial charge in [-0.05, 0) is 56.7 Å². The Hall–Kier alpha value is -2.23. The molecule has 8 nitrogen and oxygen atoms in total. The van der Waals surface area contributed by atoms with Crippen LogP contribution in [-0.2, 0) is 14.8 Å². The zero-order valence-electron chi connectivity index (χ0n) is 16.0. The van der Waals surface area contributed by atoms with Crippen molar-refractivity contribution in [3.8, 4) is 0 Å². The molecule has 0 aromatic heterocycles. The fraction of sp³-hybridized carbons (Fsp3) is 0.474. The van der Waals surface area contributed by atoms with Gasteiger partial charge in [-0.1, -0.05) is 23.8 Å². The molecule has 2 rings (SSSR count). The Kier molecular flexibility index (Phi) is 8.16. The number of urea groups is 1. The average molecular weight is 409 g/mol. The minimum absolute atomic E-state index is 0.0295. The minimum atomic E-state index is -3.73. The molecule has 0 radical (unpaired) electrons. The van der Waals surface area contributed by atoms with Crippen LogP contribution in [0.3, 0.4) is 0 Å². The Morgan fingerprint density at radius 2 is 1.89 bits per heavy atom. The second kappa shape index (κ2) is 10.4. The van der Waals surface area contributed by atoms with Crippen molar-refractivity contribution in [2.45, 2.75) is 50.0 Å². The van der Waals surface area contributed by atoms with E-state index in [1.807, 2.05) is 6.92 Å². The molecule has 154 valence electrons. The lowest BCUT2D eigenvalue weighted by Gasteiger charge is -2.15. The summed E-state index contributed by atoms with van der Waals surface area (Å²) in [7, 11) is -3.73. The van der Waals surface area contributed by atoms with E-state index in [0.717, 1.165) is 24.8 Å². The highest BCUT2D eigenvalue weighted by Gasteiger charge is 2.12. The van der Waals surface area contributed by atoms with Gasteiger partial charge in [-0.25, -0.2) is 18.4 Å². The summed E-state index contributed by atoms with van der Waals surface area (Å²) >= 11 is 0. The van der Waals surface area contributed by atoms with Crippen LogP contribution in [0.5, 0.6) is 0 Å². The van der Waals surface area contributed by atoms with Crippen LogP contribution in [0.1, 0.15) is 50.6 Å². The number of imide groups is 1. The van der Waals surface area contributed by atoms with Crippen LogP contribution in [0, 0.1) is 0 Å². The number of hydrogen-bond donors (Lipinski definition) is 4. The number of hydrogen-bond acceptors (Lipinski definition) is 5. The smallest absolute Gasteiger partial charge is 0.321 e. The maximum Gasteiger partial charge on any atom is 0.321 e. The molecule has 0 saturated carbocycles. The van der Waals surface area contributed by atoms with E-state index < -0.39 is 22.0 Å². The molecule has 1 aromatic rings. The molecule has 0 saturated heterocycles. The van der Waals surface area contributed by atoms with Crippen LogP contribution in [0.15, 0.2) is 40.8 Å². The lowest BCUT2D eigenvalue weighted by molar-refractivity contribution is -0.119. The standard InChI is InChI=1S/C19H28N4O4S/c1-14(16-7-9-17(10-8-16)28(20,26)27)22-13-18(24)23-19(25)21-12-11-15-5-3-2-4-6-15/h5,7-10,14,22H,2-4,6,11-13H2,1H3,(H2,20,26,27)(H2,21,23,24,25)/t14-/m0/s1. The largest absolute Gasteiger partial charge is 0.337 e. The third-order valence-electron chi connectivity index (χ3n) is 4.65. The number of sulfonamides is 1. The molecule has 0 fully saturated rings. The van der Waals surface area contributed by atoms with Gasteiger partial charge in [0.1, 0.15) is 0 Å². The van der Waals surface area contributed by atoms with E-state index >= 15 is 0 Å². The van der Waals surface area contributed by atoms with Gasteiger partial charge in [0.15, 0.2) is 0 Å². The first-order chi connectivity index (χ1) is 13.3. The number of nitrogens with two attached hydrogens (primary N) is 1. The van der Waals surface area contributed by atoms with Crippen molar-refractivity contribution in [3.05, 3.63) is 41.5 Å². The molecular weight excluding hydrogens is 380 g/mol. The third-order valence-corrected chi connectivity index (χ3v) is 5.58. The SMILES string of the molecule is C[C@H](NCC(=O)NC(=O)NCCC1=CCCCC1)c1ccc(S(N)(=O)=O)cc1. The molecule has 28 heavy (non-hydrogen) atoms. The van der Waals surface area contributed by atoms with Gasteiger partial charge in [-0.2, -0.15) is 0 Å². The summed E-state index contributed by atoms with van der Waals surface area (Å²) in [5.74, 6) is -0.442. The molecule has 1 aromatic carbocycles. The van der Waals surface area contributed by atoms with Crippen molar-refractivity contribution in [1.29, 1.82) is 0 Å². The van der Waals surface area contributed by atoms with Crippen LogP contribution in [0.25, 0.3) is 0 Å². The van der Waals surface area contributed by atoms with E-state index in [0.29, 0.717) is 6.54 Å². The highest BCUT2D eigenvalue weighted by atomic mass is 32.2. The maximum atomic E-state index is 11.9. The summed E-state index contributed by atoms with van der Waals surface area (Å²) in [4.78, 5) is 23.7. The molecule has 1 aliphatic carbocycles. The molecule has 3 amide bonds. The van der Waals surface area contributed by atoms with Crippen LogP contribution < -0.4 is 21.1 Å². The number of allylic oxidation sites excluding steroid dienone is 1. The molecule has 9 heteroatoms. The van der Waals surface area contributed by atoms with E-state index in [-0.39, 0.29) is 17.5 Å². The Balaban J connectivity index is 1.69. The molecule has 5 N–H and O–H groups in total. The number of carbonyl (C=O) groups is 2. The van der Waals surface area contributed by atoms with Crippen molar-refractivity contribution >= 4 is 22.0 Å². The fourth-order valence-corrected chi connectivity index (χ4v) is 3.51. The maximum absolute atomic E-state index is 11.9. The number of benzene rings is 1. The molecular formula is C19H28N4O4S. The van der Waals surface area contributed by atoms with Crippen LogP contribution in [0.4, 0.5) is 4.79 Å². The quantitative estimate of drug-likeness (QED) is 0.486. The Bertz CT molecular complexity index is 819. The normalized spacial score (nSPS) is 15.4. The number of rotatable bonds is 8. The molecule has 0 aliphatic heterocycles. The van der Waals surface area contributed by atoms with E-state index in [1.54, 1.807) is 12.1 Å². The Morgan fingerprint density at radius 1 is 1.18 bits per heavy atom. The van der Waals surface area contributed by atoms with Crippen molar-refractivity contribution in [2.24, 2.45) is 5.14 Å². The average Bonchev–Trinajstić information content (AvgIpc) is 2.66. The summed E-state index contributed by atoms with van der Waals surface area (Å²) in [6.45, 7) is 2.29. The van der Waals surface area contributed by atoms with Crippen molar-refractivity contribution < 1.29 is 18.0 Å². The van der Waals surface area contributed by atoms with Gasteiger partial charge in [-0.3, -0.25) is 10.1 Å². The fourth-order valence-electron chi connectivity index (χ4n) is 2.99. The monoisotopic (exact) mass is 408 g/mol. The Labute approximate surface area is 166 Å². The summed E-state index contributed by atoms with van der Waals surface area (Å²) in [5, 5.41) is 13.0. The molecule has 0 unspecified atom stereocenters. The third kappa shape index (κ3) is 7.41. The van der Waals surface area contributed by atoms with E-state index in [9.17, 15) is 18.0 Å². The topological polar surface area (TPSA) is 130 Å². The predicted octanol–water partition coefficient (Wildman–Crippen LogP) is 1.70. The summed E-state index contributed by atoms with van der Waals surface area (Å²) < 4.78 is 22.5. The van der Waals surface area contributed by atoms with E-state index in [4.69, 9.17) is 5.14 Å². The molecule has 1 atom stereocenters. The second-order valence-corrected chi connectivity index (χ2v) is 8.44. The van der Waals surface area contributed by atoms with Crippen molar-refractivity contribution in [2.75, 3.05) is 13.1 Å². The highest BCUT2D eigenvalue weighted by Crippen LogP contribution is 2.19. The molecule has 0 spiro atoms. The van der Waals surface area contributed by atoms with Gasteiger partial charge in [0.25, 0.3) is 0 Å². The molecule has 0 heterocycles. The van der Waals surface area contributed by atoms with Gasteiger partial charge in [0.2, 0.25) is 15.9 Å². The van der Waals surface area contributed by atoms with Gasteiger partial charge < -0.3 is 10.6 Å². The summed E-state index contributed by atoms with van der Waals surface area (Å²) in [6, 6.07) is 5.37. The minimum Gasteiger partial charge on any atom is -0.337 e. The van der Waals surface area contributed by atoms with Gasteiger partial charge in [0, 0.05) is 12.6 Å². The zero-order valence-corrected chi connectivity index (χ0v) is 16.8. The highest BCUT2D eigenvalue weighted by molar-refractivity contribution is 7.89. The van der Waals surface area contributed by atoms with Crippen LogP contribution in [0.2, 0.25) is 0 Å².